The summed E-state index contributed by atoms with van der Waals surface area (Å²) in [4.78, 5) is 14.7. The van der Waals surface area contributed by atoms with Crippen molar-refractivity contribution in [2.24, 2.45) is 0 Å². The zero-order valence-electron chi connectivity index (χ0n) is 15.1. The van der Waals surface area contributed by atoms with Crippen LogP contribution < -0.4 is 10.1 Å². The summed E-state index contributed by atoms with van der Waals surface area (Å²) >= 11 is 13.9. The van der Waals surface area contributed by atoms with Crippen molar-refractivity contribution < 1.29 is 9.53 Å². The molecular weight excluding hydrogens is 403 g/mol. The van der Waals surface area contributed by atoms with Crippen molar-refractivity contribution >= 4 is 46.6 Å². The number of amides is 1. The van der Waals surface area contributed by atoms with Crippen LogP contribution in [-0.2, 0) is 11.3 Å². The van der Waals surface area contributed by atoms with Gasteiger partial charge in [0.15, 0.2) is 6.61 Å². The van der Waals surface area contributed by atoms with Gasteiger partial charge in [0, 0.05) is 41.8 Å². The Morgan fingerprint density at radius 3 is 2.70 bits per heavy atom. The minimum Gasteiger partial charge on any atom is -0.482 e. The largest absolute Gasteiger partial charge is 0.482 e. The predicted octanol–water partition coefficient (Wildman–Crippen LogP) is 4.87. The molecule has 0 aromatic heterocycles. The fraction of sp³-hybridized carbons (Fsp3) is 0.350. The fourth-order valence-corrected chi connectivity index (χ4v) is 4.28. The predicted molar refractivity (Wildman–Crippen MR) is 114 cm³/mol. The maximum Gasteiger partial charge on any atom is 0.262 e. The van der Waals surface area contributed by atoms with E-state index in [-0.39, 0.29) is 12.5 Å². The summed E-state index contributed by atoms with van der Waals surface area (Å²) in [5.74, 6) is 2.57. The van der Waals surface area contributed by atoms with Crippen LogP contribution in [0.1, 0.15) is 11.1 Å². The van der Waals surface area contributed by atoms with Crippen LogP contribution in [0.2, 0.25) is 10.0 Å². The molecule has 7 heteroatoms. The molecule has 1 aliphatic heterocycles. The van der Waals surface area contributed by atoms with Crippen LogP contribution >= 0.6 is 35.0 Å². The molecule has 1 fully saturated rings. The summed E-state index contributed by atoms with van der Waals surface area (Å²) in [5, 5.41) is 3.84. The van der Waals surface area contributed by atoms with Crippen molar-refractivity contribution in [3.63, 3.8) is 0 Å². The van der Waals surface area contributed by atoms with Crippen molar-refractivity contribution in [2.75, 3.05) is 36.5 Å². The van der Waals surface area contributed by atoms with E-state index in [2.05, 4.69) is 16.3 Å². The van der Waals surface area contributed by atoms with Crippen molar-refractivity contribution in [3.8, 4) is 5.75 Å². The molecule has 1 aliphatic rings. The Kier molecular flexibility index (Phi) is 7.30. The van der Waals surface area contributed by atoms with Crippen LogP contribution in [0.4, 0.5) is 5.69 Å². The second-order valence-electron chi connectivity index (χ2n) is 6.45. The van der Waals surface area contributed by atoms with Crippen molar-refractivity contribution in [1.29, 1.82) is 0 Å². The Bertz CT molecular complexity index is 811. The molecule has 0 spiro atoms. The normalized spacial score (nSPS) is 14.8. The molecule has 4 nitrogen and oxygen atoms in total. The molecule has 144 valence electrons. The van der Waals surface area contributed by atoms with E-state index >= 15 is 0 Å². The monoisotopic (exact) mass is 424 g/mol. The lowest BCUT2D eigenvalue weighted by Gasteiger charge is -2.26. The first-order valence-electron chi connectivity index (χ1n) is 8.78. The summed E-state index contributed by atoms with van der Waals surface area (Å²) < 4.78 is 5.50. The molecule has 0 aliphatic carbocycles. The molecule has 2 aromatic carbocycles. The number of nitrogens with zero attached hydrogens (tertiary/aromatic N) is 1. The summed E-state index contributed by atoms with van der Waals surface area (Å²) in [6.45, 7) is 4.98. The quantitative estimate of drug-likeness (QED) is 0.717. The molecule has 1 amide bonds. The number of benzene rings is 2. The van der Waals surface area contributed by atoms with Gasteiger partial charge in [0.1, 0.15) is 5.75 Å². The minimum absolute atomic E-state index is 0.117. The Morgan fingerprint density at radius 1 is 1.19 bits per heavy atom. The van der Waals surface area contributed by atoms with Crippen LogP contribution in [0.15, 0.2) is 36.4 Å². The number of nitrogens with one attached hydrogen (secondary N) is 1. The molecule has 0 radical (unpaired) electrons. The van der Waals surface area contributed by atoms with Crippen LogP contribution in [-0.4, -0.2) is 42.0 Å². The van der Waals surface area contributed by atoms with Crippen LogP contribution in [0, 0.1) is 6.92 Å². The first-order valence-corrected chi connectivity index (χ1v) is 10.7. The smallest absolute Gasteiger partial charge is 0.262 e. The molecule has 0 bridgehead atoms. The van der Waals surface area contributed by atoms with Crippen LogP contribution in [0.5, 0.6) is 5.75 Å². The van der Waals surface area contributed by atoms with E-state index in [0.717, 1.165) is 30.9 Å². The maximum atomic E-state index is 12.3. The highest BCUT2D eigenvalue weighted by atomic mass is 35.5. The van der Waals surface area contributed by atoms with Gasteiger partial charge in [-0.3, -0.25) is 9.69 Å². The average Bonchev–Trinajstić information content (AvgIpc) is 2.64. The molecule has 1 heterocycles. The van der Waals surface area contributed by atoms with Crippen LogP contribution in [0.3, 0.4) is 0 Å². The van der Waals surface area contributed by atoms with E-state index in [1.54, 1.807) is 18.2 Å². The van der Waals surface area contributed by atoms with Gasteiger partial charge in [-0.05, 0) is 42.3 Å². The second-order valence-corrected chi connectivity index (χ2v) is 8.52. The number of aryl methyl sites for hydroxylation is 1. The summed E-state index contributed by atoms with van der Waals surface area (Å²) in [6, 6.07) is 11.1. The van der Waals surface area contributed by atoms with Gasteiger partial charge in [-0.25, -0.2) is 0 Å². The molecular formula is C20H22Cl2N2O2S. The minimum atomic E-state index is -0.226. The van der Waals surface area contributed by atoms with Crippen molar-refractivity contribution in [3.05, 3.63) is 57.6 Å². The number of thioether (sulfide) groups is 1. The highest BCUT2D eigenvalue weighted by Crippen LogP contribution is 2.27. The highest BCUT2D eigenvalue weighted by molar-refractivity contribution is 7.99. The van der Waals surface area contributed by atoms with E-state index in [0.29, 0.717) is 15.8 Å². The van der Waals surface area contributed by atoms with Gasteiger partial charge in [0.05, 0.1) is 5.02 Å². The zero-order chi connectivity index (χ0) is 19.2. The number of rotatable bonds is 6. The maximum absolute atomic E-state index is 12.3. The number of carbonyl (C=O) groups is 1. The van der Waals surface area contributed by atoms with E-state index < -0.39 is 0 Å². The topological polar surface area (TPSA) is 41.6 Å². The third kappa shape index (κ3) is 6.04. The standard InChI is InChI=1S/C20H22Cl2N2O2S/c1-14-2-3-15(12-24-6-8-27-9-7-24)10-18(14)23-20(25)13-26-19-5-4-16(21)11-17(19)22/h2-5,10-11H,6-9,12-13H2,1H3,(H,23,25). The van der Waals surface area contributed by atoms with Gasteiger partial charge < -0.3 is 10.1 Å². The number of carbonyl (C=O) groups excluding carboxylic acids is 1. The molecule has 3 rings (SSSR count). The molecule has 2 aromatic rings. The molecule has 0 saturated carbocycles. The van der Waals surface area contributed by atoms with Gasteiger partial charge in [0.2, 0.25) is 0 Å². The SMILES string of the molecule is Cc1ccc(CN2CCSCC2)cc1NC(=O)COc1ccc(Cl)cc1Cl. The van der Waals surface area contributed by atoms with Gasteiger partial charge in [0.25, 0.3) is 5.91 Å². The Labute approximate surface area is 174 Å². The van der Waals surface area contributed by atoms with Crippen molar-refractivity contribution in [2.45, 2.75) is 13.5 Å². The lowest BCUT2D eigenvalue weighted by Crippen LogP contribution is -2.32. The Hall–Kier alpha value is -1.40. The molecule has 0 atom stereocenters. The number of hydrogen-bond acceptors (Lipinski definition) is 4. The zero-order valence-corrected chi connectivity index (χ0v) is 17.5. The first-order chi connectivity index (χ1) is 13.0. The highest BCUT2D eigenvalue weighted by Gasteiger charge is 2.13. The molecule has 0 unspecified atom stereocenters. The third-order valence-corrected chi connectivity index (χ3v) is 5.81. The first kappa shape index (κ1) is 20.3. The average molecular weight is 425 g/mol. The lowest BCUT2D eigenvalue weighted by atomic mass is 10.1. The van der Waals surface area contributed by atoms with Crippen LogP contribution in [0.25, 0.3) is 0 Å². The van der Waals surface area contributed by atoms with E-state index in [1.165, 1.54) is 17.1 Å². The number of hydrogen-bond donors (Lipinski definition) is 1. The molecule has 1 N–H and O–H groups in total. The van der Waals surface area contributed by atoms with Crippen molar-refractivity contribution in [1.82, 2.24) is 4.90 Å². The fourth-order valence-electron chi connectivity index (χ4n) is 2.84. The lowest BCUT2D eigenvalue weighted by molar-refractivity contribution is -0.118. The van der Waals surface area contributed by atoms with Gasteiger partial charge >= 0.3 is 0 Å². The number of halogens is 2. The van der Waals surface area contributed by atoms with E-state index in [9.17, 15) is 4.79 Å². The van der Waals surface area contributed by atoms with Gasteiger partial charge in [-0.1, -0.05) is 35.3 Å². The Balaban J connectivity index is 1.58. The third-order valence-electron chi connectivity index (χ3n) is 4.34. The van der Waals surface area contributed by atoms with E-state index in [4.69, 9.17) is 27.9 Å². The second kappa shape index (κ2) is 9.69. The summed E-state index contributed by atoms with van der Waals surface area (Å²) in [7, 11) is 0. The molecule has 27 heavy (non-hydrogen) atoms. The number of anilines is 1. The molecule has 1 saturated heterocycles. The number of ether oxygens (including phenoxy) is 1. The summed E-state index contributed by atoms with van der Waals surface area (Å²) in [5.41, 5.74) is 3.03. The summed E-state index contributed by atoms with van der Waals surface area (Å²) in [6.07, 6.45) is 0. The Morgan fingerprint density at radius 2 is 1.96 bits per heavy atom. The van der Waals surface area contributed by atoms with Gasteiger partial charge in [-0.2, -0.15) is 11.8 Å². The van der Waals surface area contributed by atoms with E-state index in [1.807, 2.05) is 30.8 Å². The van der Waals surface area contributed by atoms with Gasteiger partial charge in [-0.15, -0.1) is 0 Å².